The lowest BCUT2D eigenvalue weighted by atomic mass is 9.42. The van der Waals surface area contributed by atoms with Crippen LogP contribution in [0.1, 0.15) is 86.5 Å². The van der Waals surface area contributed by atoms with Crippen molar-refractivity contribution >= 4 is 97.1 Å². The van der Waals surface area contributed by atoms with Crippen LogP contribution < -0.4 is 9.80 Å². The largest absolute Gasteiger partial charge is 0.310 e. The van der Waals surface area contributed by atoms with Gasteiger partial charge in [-0.2, -0.15) is 0 Å². The van der Waals surface area contributed by atoms with Gasteiger partial charge in [0, 0.05) is 79.6 Å². The summed E-state index contributed by atoms with van der Waals surface area (Å²) in [7, 11) is 0. The Morgan fingerprint density at radius 1 is 0.217 bits per heavy atom. The Morgan fingerprint density at radius 2 is 0.583 bits per heavy atom. The molecule has 10 aliphatic rings. The first-order chi connectivity index (χ1) is 59.4. The maximum absolute atomic E-state index is 2.57. The number of benzene rings is 16. The predicted octanol–water partition coefficient (Wildman–Crippen LogP) is 32.5. The van der Waals surface area contributed by atoms with Crippen molar-refractivity contribution in [3.8, 4) is 89.0 Å². The number of rotatable bonds is 12. The molecular formula is C116H90N2S2. The molecule has 4 heteroatoms. The zero-order chi connectivity index (χ0) is 78.7. The number of hydrogen-bond donors (Lipinski definition) is 0. The van der Waals surface area contributed by atoms with Crippen LogP contribution in [-0.4, -0.2) is 0 Å². The molecule has 2 aromatic heterocycles. The van der Waals surface area contributed by atoms with Crippen LogP contribution >= 0.6 is 22.7 Å². The SMILES string of the molecule is c1ccc(-c2ccc(N(c3ccc(-c4ccccc4)cc3)c3ccc4c(c3)sc3cc(-c5cccc6c5C5(c7ccccc7-6)C6CC7CC(C6)CC5C7)ccc34)cc2)cc1.c1ccc(-c2ccc(N(c3ccc(-c4ccccc4)cc3)c3cccc4sc5c(-c6ccc7c(c6)-c6ccccc6C76C7CC8CC(C7)CC6C8)cccc5c34)cc2)cc1. The van der Waals surface area contributed by atoms with Crippen LogP contribution in [0.5, 0.6) is 0 Å². The van der Waals surface area contributed by atoms with Gasteiger partial charge in [0.05, 0.1) is 5.69 Å². The summed E-state index contributed by atoms with van der Waals surface area (Å²) in [5.41, 5.74) is 35.0. The van der Waals surface area contributed by atoms with E-state index in [0.29, 0.717) is 0 Å². The van der Waals surface area contributed by atoms with E-state index in [1.54, 1.807) is 22.3 Å². The quantitative estimate of drug-likeness (QED) is 0.120. The van der Waals surface area contributed by atoms with Crippen molar-refractivity contribution in [1.82, 2.24) is 0 Å². The topological polar surface area (TPSA) is 6.48 Å². The second-order valence-electron chi connectivity index (χ2n) is 36.2. The van der Waals surface area contributed by atoms with E-state index in [-0.39, 0.29) is 10.8 Å². The van der Waals surface area contributed by atoms with Crippen LogP contribution in [-0.2, 0) is 10.8 Å². The Labute approximate surface area is 711 Å². The molecule has 0 radical (unpaired) electrons. The molecule has 8 saturated carbocycles. The molecule has 8 fully saturated rings. The minimum Gasteiger partial charge on any atom is -0.310 e. The molecule has 18 aromatic rings. The summed E-state index contributed by atoms with van der Waals surface area (Å²) < 4.78 is 5.34. The fraction of sp³-hybridized carbons (Fsp3) is 0.172. The van der Waals surface area contributed by atoms with Gasteiger partial charge in [-0.05, 0) is 308 Å². The molecule has 2 spiro atoms. The monoisotopic (exact) mass is 1570 g/mol. The molecule has 0 saturated heterocycles. The maximum Gasteiger partial charge on any atom is 0.0554 e. The standard InChI is InChI=1S/2C58H45NS/c1-3-11-39(12-4-1)41-21-26-46(27-22-41)59(47-28-23-42(24-29-47)40-13-5-2-6-14-40)54-19-10-20-55-56(54)50-17-9-16-48(57(50)60-55)43-25-30-53-51(36-43)49-15-7-8-18-52(49)58(53)44-32-37-31-38(34-44)35-45(58)33-37;1-3-10-39(11-4-1)41-18-23-46(24-19-41)59(47-25-20-42(21-26-47)40-12-5-2-6-13-40)48-27-29-52-51-28-22-43(35-55(51)60-56(52)36-48)49-15-9-16-53-50-14-7-8-17-54(50)58(57(49)53)44-31-37-30-38(33-44)34-45(58)32-37/h1-30,36-38,44-45H,31-35H2;1-29,35-38,44-45H,30-34H2. The van der Waals surface area contributed by atoms with Crippen molar-refractivity contribution in [1.29, 1.82) is 0 Å². The normalized spacial score (nSPS) is 22.1. The molecule has 28 rings (SSSR count). The first-order valence-electron chi connectivity index (χ1n) is 44.0. The molecule has 16 aromatic carbocycles. The maximum atomic E-state index is 2.57. The Hall–Kier alpha value is -12.4. The smallest absolute Gasteiger partial charge is 0.0554 e. The summed E-state index contributed by atoms with van der Waals surface area (Å²) in [5.74, 6) is 6.80. The van der Waals surface area contributed by atoms with E-state index < -0.39 is 0 Å². The Bertz CT molecular complexity index is 6800. The van der Waals surface area contributed by atoms with Gasteiger partial charge in [-0.1, -0.05) is 291 Å². The molecule has 10 aliphatic carbocycles. The molecule has 120 heavy (non-hydrogen) atoms. The zero-order valence-corrected chi connectivity index (χ0v) is 68.8. The van der Waals surface area contributed by atoms with Crippen molar-refractivity contribution in [3.63, 3.8) is 0 Å². The van der Waals surface area contributed by atoms with Crippen molar-refractivity contribution in [2.75, 3.05) is 9.80 Å². The molecule has 576 valence electrons. The molecule has 0 N–H and O–H groups in total. The third-order valence-corrected chi connectivity index (χ3v) is 32.4. The number of thiophene rings is 2. The highest BCUT2D eigenvalue weighted by molar-refractivity contribution is 7.26. The molecule has 8 bridgehead atoms. The van der Waals surface area contributed by atoms with E-state index in [9.17, 15) is 0 Å². The van der Waals surface area contributed by atoms with Crippen molar-refractivity contribution in [2.24, 2.45) is 47.3 Å². The summed E-state index contributed by atoms with van der Waals surface area (Å²) in [6.45, 7) is 0. The number of nitrogens with zero attached hydrogens (tertiary/aromatic N) is 2. The summed E-state index contributed by atoms with van der Waals surface area (Å²) in [6, 6.07) is 141. The van der Waals surface area contributed by atoms with Gasteiger partial charge in [0.1, 0.15) is 0 Å². The van der Waals surface area contributed by atoms with Crippen LogP contribution in [0.4, 0.5) is 34.1 Å². The Morgan fingerprint density at radius 3 is 1.11 bits per heavy atom. The highest BCUT2D eigenvalue weighted by Gasteiger charge is 2.63. The van der Waals surface area contributed by atoms with Crippen molar-refractivity contribution in [3.05, 3.63) is 398 Å². The van der Waals surface area contributed by atoms with Gasteiger partial charge in [-0.3, -0.25) is 0 Å². The lowest BCUT2D eigenvalue weighted by molar-refractivity contribution is -0.0399. The average Bonchev–Trinajstić information content (AvgIpc) is 1.49. The second-order valence-corrected chi connectivity index (χ2v) is 38.3. The number of hydrogen-bond acceptors (Lipinski definition) is 4. The highest BCUT2D eigenvalue weighted by atomic mass is 32.1. The molecule has 0 amide bonds. The zero-order valence-electron chi connectivity index (χ0n) is 67.2. The number of fused-ring (bicyclic) bond motifs is 12. The Balaban J connectivity index is 0.000000133. The summed E-state index contributed by atoms with van der Waals surface area (Å²) >= 11 is 3.87. The molecule has 2 heterocycles. The van der Waals surface area contributed by atoms with E-state index in [1.165, 1.54) is 199 Å². The summed E-state index contributed by atoms with van der Waals surface area (Å²) in [4.78, 5) is 4.87. The predicted molar refractivity (Wildman–Crippen MR) is 507 cm³/mol. The van der Waals surface area contributed by atoms with E-state index in [1.807, 2.05) is 22.7 Å². The highest BCUT2D eigenvalue weighted by Crippen LogP contribution is 2.72. The average molecular weight is 1580 g/mol. The van der Waals surface area contributed by atoms with Crippen LogP contribution in [0, 0.1) is 47.3 Å². The fourth-order valence-electron chi connectivity index (χ4n) is 25.7. The van der Waals surface area contributed by atoms with Gasteiger partial charge in [0.15, 0.2) is 0 Å². The van der Waals surface area contributed by atoms with Crippen LogP contribution in [0.3, 0.4) is 0 Å². The fourth-order valence-corrected chi connectivity index (χ4v) is 28.1. The van der Waals surface area contributed by atoms with Crippen LogP contribution in [0.2, 0.25) is 0 Å². The van der Waals surface area contributed by atoms with E-state index >= 15 is 0 Å². The molecule has 0 atom stereocenters. The first-order valence-corrected chi connectivity index (χ1v) is 45.6. The summed E-state index contributed by atoms with van der Waals surface area (Å²) in [5, 5.41) is 5.29. The minimum atomic E-state index is 0.141. The minimum absolute atomic E-state index is 0.141. The van der Waals surface area contributed by atoms with Gasteiger partial charge in [-0.25, -0.2) is 0 Å². The van der Waals surface area contributed by atoms with E-state index in [4.69, 9.17) is 0 Å². The molecule has 0 aliphatic heterocycles. The van der Waals surface area contributed by atoms with Crippen LogP contribution in [0.15, 0.2) is 376 Å². The van der Waals surface area contributed by atoms with Gasteiger partial charge < -0.3 is 9.80 Å². The number of anilines is 6. The lowest BCUT2D eigenvalue weighted by Crippen LogP contribution is -2.55. The lowest BCUT2D eigenvalue weighted by Gasteiger charge is -2.61. The van der Waals surface area contributed by atoms with Gasteiger partial charge in [0.2, 0.25) is 0 Å². The van der Waals surface area contributed by atoms with Gasteiger partial charge >= 0.3 is 0 Å². The van der Waals surface area contributed by atoms with Crippen LogP contribution in [0.25, 0.3) is 129 Å². The van der Waals surface area contributed by atoms with Gasteiger partial charge in [0.25, 0.3) is 0 Å². The third-order valence-electron chi connectivity index (χ3n) is 30.1. The Kier molecular flexibility index (Phi) is 16.5. The summed E-state index contributed by atoms with van der Waals surface area (Å²) in [6.07, 6.45) is 14.2. The third kappa shape index (κ3) is 11.1. The first kappa shape index (κ1) is 70.6. The molecule has 2 nitrogen and oxygen atoms in total. The van der Waals surface area contributed by atoms with Gasteiger partial charge in [-0.15, -0.1) is 22.7 Å². The second kappa shape index (κ2) is 28.1. The van der Waals surface area contributed by atoms with Crippen molar-refractivity contribution in [2.45, 2.75) is 75.0 Å². The molecular weight excluding hydrogens is 1490 g/mol. The van der Waals surface area contributed by atoms with Crippen molar-refractivity contribution < 1.29 is 0 Å². The van der Waals surface area contributed by atoms with E-state index in [0.717, 1.165) is 75.8 Å². The van der Waals surface area contributed by atoms with E-state index in [2.05, 4.69) is 386 Å². The molecule has 0 unspecified atom stereocenters.